The number of halogens is 2. The number of nitrogens with one attached hydrogen (secondary N) is 1. The number of thiazole rings is 1. The van der Waals surface area contributed by atoms with E-state index in [0.29, 0.717) is 30.2 Å². The molecule has 3 rings (SSSR count). The van der Waals surface area contributed by atoms with Crippen molar-refractivity contribution < 1.29 is 12.8 Å². The van der Waals surface area contributed by atoms with E-state index in [0.717, 1.165) is 11.3 Å². The summed E-state index contributed by atoms with van der Waals surface area (Å²) in [7, 11) is -3.62. The first-order valence-corrected chi connectivity index (χ1v) is 9.14. The van der Waals surface area contributed by atoms with Crippen molar-refractivity contribution in [1.82, 2.24) is 14.6 Å². The van der Waals surface area contributed by atoms with E-state index in [1.807, 2.05) is 0 Å². The summed E-state index contributed by atoms with van der Waals surface area (Å²) >= 11 is 1.15. The average molecular weight is 378 g/mol. The summed E-state index contributed by atoms with van der Waals surface area (Å²) in [5.41, 5.74) is 0.650. The van der Waals surface area contributed by atoms with E-state index in [-0.39, 0.29) is 22.4 Å². The van der Waals surface area contributed by atoms with Crippen molar-refractivity contribution in [2.45, 2.75) is 17.2 Å². The Kier molecular flexibility index (Phi) is 5.74. The van der Waals surface area contributed by atoms with Gasteiger partial charge in [-0.2, -0.15) is 4.31 Å². The lowest BCUT2D eigenvalue weighted by Gasteiger charge is -2.35. The van der Waals surface area contributed by atoms with Gasteiger partial charge in [-0.05, 0) is 24.6 Å². The summed E-state index contributed by atoms with van der Waals surface area (Å²) in [6, 6.07) is 5.67. The summed E-state index contributed by atoms with van der Waals surface area (Å²) in [4.78, 5) is 4.03. The van der Waals surface area contributed by atoms with Gasteiger partial charge in [-0.15, -0.1) is 23.7 Å². The molecule has 0 amide bonds. The SMILES string of the molecule is Cc1ncc(S(=O)(=O)N2CCNCC2c2cccc(F)c2)s1.Cl. The molecule has 0 spiro atoms. The van der Waals surface area contributed by atoms with Gasteiger partial charge in [0.2, 0.25) is 0 Å². The highest BCUT2D eigenvalue weighted by atomic mass is 35.5. The summed E-state index contributed by atoms with van der Waals surface area (Å²) in [6.07, 6.45) is 1.39. The first-order valence-electron chi connectivity index (χ1n) is 6.89. The number of benzene rings is 1. The topological polar surface area (TPSA) is 62.3 Å². The Morgan fingerprint density at radius 2 is 2.22 bits per heavy atom. The first kappa shape index (κ1) is 18.3. The van der Waals surface area contributed by atoms with E-state index >= 15 is 0 Å². The third-order valence-corrected chi connectivity index (χ3v) is 6.85. The monoisotopic (exact) mass is 377 g/mol. The summed E-state index contributed by atoms with van der Waals surface area (Å²) < 4.78 is 40.8. The van der Waals surface area contributed by atoms with Crippen LogP contribution in [0.2, 0.25) is 0 Å². The Balaban J connectivity index is 0.00000192. The van der Waals surface area contributed by atoms with Crippen molar-refractivity contribution >= 4 is 33.8 Å². The van der Waals surface area contributed by atoms with Crippen LogP contribution in [0.25, 0.3) is 0 Å². The van der Waals surface area contributed by atoms with Crippen LogP contribution in [0.5, 0.6) is 0 Å². The molecule has 126 valence electrons. The maximum atomic E-state index is 13.5. The lowest BCUT2D eigenvalue weighted by atomic mass is 10.1. The van der Waals surface area contributed by atoms with Gasteiger partial charge >= 0.3 is 0 Å². The van der Waals surface area contributed by atoms with Crippen LogP contribution in [0.3, 0.4) is 0 Å². The van der Waals surface area contributed by atoms with Gasteiger partial charge in [0.25, 0.3) is 10.0 Å². The first-order chi connectivity index (χ1) is 10.5. The number of piperazine rings is 1. The molecular weight excluding hydrogens is 361 g/mol. The summed E-state index contributed by atoms with van der Waals surface area (Å²) in [5, 5.41) is 3.88. The van der Waals surface area contributed by atoms with E-state index < -0.39 is 16.1 Å². The van der Waals surface area contributed by atoms with Crippen LogP contribution in [-0.2, 0) is 10.0 Å². The zero-order valence-corrected chi connectivity index (χ0v) is 14.8. The van der Waals surface area contributed by atoms with Gasteiger partial charge in [0.15, 0.2) is 4.21 Å². The van der Waals surface area contributed by atoms with Crippen LogP contribution in [0, 0.1) is 12.7 Å². The number of aryl methyl sites for hydroxylation is 1. The van der Waals surface area contributed by atoms with Gasteiger partial charge in [0.05, 0.1) is 17.2 Å². The third-order valence-electron chi connectivity index (χ3n) is 3.59. The minimum absolute atomic E-state index is 0. The highest BCUT2D eigenvalue weighted by Gasteiger charge is 2.35. The van der Waals surface area contributed by atoms with E-state index in [1.54, 1.807) is 19.1 Å². The molecule has 0 aliphatic carbocycles. The van der Waals surface area contributed by atoms with Gasteiger partial charge in [0.1, 0.15) is 5.82 Å². The van der Waals surface area contributed by atoms with E-state index in [9.17, 15) is 12.8 Å². The second-order valence-corrected chi connectivity index (χ2v) is 8.44. The number of nitrogens with zero attached hydrogens (tertiary/aromatic N) is 2. The molecule has 0 radical (unpaired) electrons. The second-order valence-electron chi connectivity index (χ2n) is 5.09. The van der Waals surface area contributed by atoms with Crippen molar-refractivity contribution in [3.05, 3.63) is 46.9 Å². The molecule has 0 bridgehead atoms. The summed E-state index contributed by atoms with van der Waals surface area (Å²) in [6.45, 7) is 3.15. The van der Waals surface area contributed by atoms with Crippen LogP contribution in [0.15, 0.2) is 34.7 Å². The lowest BCUT2D eigenvalue weighted by molar-refractivity contribution is 0.271. The standard InChI is InChI=1S/C14H16FN3O2S2.ClH/c1-10-17-9-14(21-10)22(19,20)18-6-5-16-8-13(18)11-3-2-4-12(15)7-11;/h2-4,7,9,13,16H,5-6,8H2,1H3;1H. The quantitative estimate of drug-likeness (QED) is 0.891. The molecular formula is C14H17ClFN3O2S2. The molecule has 2 heterocycles. The number of rotatable bonds is 3. The van der Waals surface area contributed by atoms with Crippen molar-refractivity contribution in [3.8, 4) is 0 Å². The number of hydrogen-bond acceptors (Lipinski definition) is 5. The molecule has 1 fully saturated rings. The van der Waals surface area contributed by atoms with Crippen molar-refractivity contribution in [2.24, 2.45) is 0 Å². The van der Waals surface area contributed by atoms with Crippen LogP contribution in [0.4, 0.5) is 4.39 Å². The molecule has 0 saturated carbocycles. The maximum absolute atomic E-state index is 13.5. The van der Waals surface area contributed by atoms with E-state index in [1.165, 1.54) is 22.6 Å². The third kappa shape index (κ3) is 3.72. The fraction of sp³-hybridized carbons (Fsp3) is 0.357. The molecule has 1 N–H and O–H groups in total. The van der Waals surface area contributed by atoms with E-state index in [2.05, 4.69) is 10.3 Å². The van der Waals surface area contributed by atoms with Crippen LogP contribution in [-0.4, -0.2) is 37.3 Å². The van der Waals surface area contributed by atoms with Crippen LogP contribution < -0.4 is 5.32 Å². The molecule has 5 nitrogen and oxygen atoms in total. The number of hydrogen-bond donors (Lipinski definition) is 1. The molecule has 1 aliphatic rings. The summed E-state index contributed by atoms with van der Waals surface area (Å²) in [5.74, 6) is -0.367. The molecule has 1 aromatic carbocycles. The van der Waals surface area contributed by atoms with Crippen LogP contribution >= 0.6 is 23.7 Å². The Morgan fingerprint density at radius 1 is 1.43 bits per heavy atom. The predicted molar refractivity (Wildman–Crippen MR) is 90.0 cm³/mol. The largest absolute Gasteiger partial charge is 0.313 e. The van der Waals surface area contributed by atoms with E-state index in [4.69, 9.17) is 0 Å². The zero-order chi connectivity index (χ0) is 15.7. The normalized spacial score (nSPS) is 19.3. The van der Waals surface area contributed by atoms with Crippen molar-refractivity contribution in [1.29, 1.82) is 0 Å². The molecule has 1 saturated heterocycles. The van der Waals surface area contributed by atoms with Gasteiger partial charge in [-0.3, -0.25) is 0 Å². The Morgan fingerprint density at radius 3 is 2.87 bits per heavy atom. The molecule has 9 heteroatoms. The highest BCUT2D eigenvalue weighted by molar-refractivity contribution is 7.91. The number of sulfonamides is 1. The van der Waals surface area contributed by atoms with Gasteiger partial charge in [-0.25, -0.2) is 17.8 Å². The van der Waals surface area contributed by atoms with Crippen molar-refractivity contribution in [2.75, 3.05) is 19.6 Å². The van der Waals surface area contributed by atoms with Gasteiger partial charge in [0, 0.05) is 19.6 Å². The molecule has 1 aromatic heterocycles. The van der Waals surface area contributed by atoms with Crippen molar-refractivity contribution in [3.63, 3.8) is 0 Å². The lowest BCUT2D eigenvalue weighted by Crippen LogP contribution is -2.48. The average Bonchev–Trinajstić information content (AvgIpc) is 2.95. The Hall–Kier alpha value is -1.06. The molecule has 1 unspecified atom stereocenters. The molecule has 23 heavy (non-hydrogen) atoms. The Labute approximate surface area is 145 Å². The minimum atomic E-state index is -3.62. The molecule has 2 aromatic rings. The fourth-order valence-corrected chi connectivity index (χ4v) is 5.40. The molecule has 1 aliphatic heterocycles. The smallest absolute Gasteiger partial charge is 0.254 e. The Bertz CT molecular complexity index is 782. The number of aromatic nitrogens is 1. The highest BCUT2D eigenvalue weighted by Crippen LogP contribution is 2.31. The second kappa shape index (κ2) is 7.23. The van der Waals surface area contributed by atoms with Gasteiger partial charge < -0.3 is 5.32 Å². The van der Waals surface area contributed by atoms with Crippen LogP contribution in [0.1, 0.15) is 16.6 Å². The van der Waals surface area contributed by atoms with Gasteiger partial charge in [-0.1, -0.05) is 12.1 Å². The molecule has 1 atom stereocenters. The fourth-order valence-electron chi connectivity index (χ4n) is 2.55. The minimum Gasteiger partial charge on any atom is -0.313 e. The maximum Gasteiger partial charge on any atom is 0.254 e. The predicted octanol–water partition coefficient (Wildman–Crippen LogP) is 2.35. The zero-order valence-electron chi connectivity index (χ0n) is 12.4.